The molecule has 0 saturated carbocycles. The number of esters is 1. The van der Waals surface area contributed by atoms with E-state index in [2.05, 4.69) is 22.4 Å². The number of hydrogen-bond donors (Lipinski definition) is 2. The first-order valence-electron chi connectivity index (χ1n) is 9.63. The summed E-state index contributed by atoms with van der Waals surface area (Å²) in [6, 6.07) is 0. The van der Waals surface area contributed by atoms with Crippen LogP contribution in [-0.2, 0) is 16.6 Å². The fourth-order valence-corrected chi connectivity index (χ4v) is 5.63. The summed E-state index contributed by atoms with van der Waals surface area (Å²) in [4.78, 5) is 38.1. The van der Waals surface area contributed by atoms with Crippen LogP contribution in [0.25, 0.3) is 11.4 Å². The first-order valence-corrected chi connectivity index (χ1v) is 12.3. The minimum absolute atomic E-state index is 0.0404. The fourth-order valence-electron chi connectivity index (χ4n) is 2.99. The molecule has 0 bridgehead atoms. The molecule has 0 aromatic carbocycles. The van der Waals surface area contributed by atoms with E-state index in [0.29, 0.717) is 10.7 Å². The number of rotatable bonds is 8. The third-order valence-corrected chi connectivity index (χ3v) is 8.05. The summed E-state index contributed by atoms with van der Waals surface area (Å²) in [5.74, 6) is -0.863. The number of nitrogens with zero attached hydrogens (tertiary/aromatic N) is 3. The van der Waals surface area contributed by atoms with Gasteiger partial charge in [-0.2, -0.15) is 0 Å². The highest BCUT2D eigenvalue weighted by Gasteiger charge is 2.26. The highest BCUT2D eigenvalue weighted by Crippen LogP contribution is 2.34. The summed E-state index contributed by atoms with van der Waals surface area (Å²) < 4.78 is 6.91. The van der Waals surface area contributed by atoms with E-state index in [-0.39, 0.29) is 33.7 Å². The number of aryl methyl sites for hydroxylation is 1. The van der Waals surface area contributed by atoms with Gasteiger partial charge in [0.15, 0.2) is 11.0 Å². The molecule has 3 rings (SSSR count). The molecule has 0 fully saturated rings. The number of ether oxygens (including phenoxy) is 1. The lowest BCUT2D eigenvalue weighted by atomic mass is 10.1. The second kappa shape index (κ2) is 9.84. The molecule has 0 aliphatic rings. The molecule has 32 heavy (non-hydrogen) atoms. The number of nitrogens with two attached hydrogens (primary N) is 1. The van der Waals surface area contributed by atoms with Gasteiger partial charge in [-0.15, -0.1) is 32.9 Å². The van der Waals surface area contributed by atoms with Gasteiger partial charge in [-0.05, 0) is 38.8 Å². The normalized spacial score (nSPS) is 10.9. The van der Waals surface area contributed by atoms with Gasteiger partial charge in [0.1, 0.15) is 5.00 Å². The minimum atomic E-state index is -0.668. The Bertz CT molecular complexity index is 1190. The van der Waals surface area contributed by atoms with Gasteiger partial charge < -0.3 is 20.4 Å². The van der Waals surface area contributed by atoms with Crippen molar-refractivity contribution in [1.82, 2.24) is 14.8 Å². The van der Waals surface area contributed by atoms with Crippen LogP contribution in [0.2, 0.25) is 0 Å². The SMILES string of the molecule is CCOC(=O)c1c(NC(=O)CSc2nnc(-c3csc(C)c3C)n2C)sc(C(N)=O)c1C. The van der Waals surface area contributed by atoms with E-state index in [1.807, 2.05) is 23.9 Å². The van der Waals surface area contributed by atoms with E-state index in [0.717, 1.165) is 28.3 Å². The molecule has 3 aromatic rings. The second-order valence-electron chi connectivity index (χ2n) is 6.88. The summed E-state index contributed by atoms with van der Waals surface area (Å²) in [6.45, 7) is 7.54. The lowest BCUT2D eigenvalue weighted by Crippen LogP contribution is -2.17. The van der Waals surface area contributed by atoms with Crippen LogP contribution in [0.4, 0.5) is 5.00 Å². The van der Waals surface area contributed by atoms with E-state index in [9.17, 15) is 14.4 Å². The molecule has 3 N–H and O–H groups in total. The number of nitrogens with one attached hydrogen (secondary N) is 1. The van der Waals surface area contributed by atoms with Crippen molar-refractivity contribution in [1.29, 1.82) is 0 Å². The number of hydrogen-bond acceptors (Lipinski definition) is 9. The number of anilines is 1. The maximum Gasteiger partial charge on any atom is 0.341 e. The van der Waals surface area contributed by atoms with E-state index >= 15 is 0 Å². The predicted octanol–water partition coefficient (Wildman–Crippen LogP) is 3.54. The van der Waals surface area contributed by atoms with E-state index in [1.54, 1.807) is 25.2 Å². The van der Waals surface area contributed by atoms with Gasteiger partial charge in [0.25, 0.3) is 5.91 Å². The van der Waals surface area contributed by atoms with Gasteiger partial charge in [0, 0.05) is 22.9 Å². The Balaban J connectivity index is 1.75. The molecule has 3 aromatic heterocycles. The van der Waals surface area contributed by atoms with Crippen molar-refractivity contribution < 1.29 is 19.1 Å². The Morgan fingerprint density at radius 2 is 1.94 bits per heavy atom. The number of carbonyl (C=O) groups excluding carboxylic acids is 3. The molecule has 170 valence electrons. The monoisotopic (exact) mass is 493 g/mol. The Morgan fingerprint density at radius 3 is 2.53 bits per heavy atom. The third kappa shape index (κ3) is 4.71. The molecule has 0 saturated heterocycles. The van der Waals surface area contributed by atoms with E-state index < -0.39 is 11.9 Å². The lowest BCUT2D eigenvalue weighted by molar-refractivity contribution is -0.113. The summed E-state index contributed by atoms with van der Waals surface area (Å²) in [5.41, 5.74) is 8.12. The average Bonchev–Trinajstić information content (AvgIpc) is 3.36. The van der Waals surface area contributed by atoms with E-state index in [4.69, 9.17) is 10.5 Å². The quantitative estimate of drug-likeness (QED) is 0.363. The summed E-state index contributed by atoms with van der Waals surface area (Å²) >= 11 is 3.83. The number of carbonyl (C=O) groups is 3. The van der Waals surface area contributed by atoms with Crippen molar-refractivity contribution in [3.63, 3.8) is 0 Å². The molecule has 0 unspecified atom stereocenters. The van der Waals surface area contributed by atoms with Crippen LogP contribution >= 0.6 is 34.4 Å². The molecule has 0 atom stereocenters. The van der Waals surface area contributed by atoms with Crippen molar-refractivity contribution in [2.45, 2.75) is 32.9 Å². The summed E-state index contributed by atoms with van der Waals surface area (Å²) in [6.07, 6.45) is 0. The number of amides is 2. The van der Waals surface area contributed by atoms with Gasteiger partial charge in [-0.25, -0.2) is 4.79 Å². The van der Waals surface area contributed by atoms with Crippen LogP contribution in [0, 0.1) is 20.8 Å². The molecule has 12 heteroatoms. The predicted molar refractivity (Wildman–Crippen MR) is 127 cm³/mol. The molecule has 9 nitrogen and oxygen atoms in total. The van der Waals surface area contributed by atoms with Gasteiger partial charge in [-0.1, -0.05) is 11.8 Å². The number of thioether (sulfide) groups is 1. The maximum atomic E-state index is 12.6. The third-order valence-electron chi connectivity index (χ3n) is 4.80. The molecule has 0 aliphatic heterocycles. The highest BCUT2D eigenvalue weighted by molar-refractivity contribution is 7.99. The van der Waals surface area contributed by atoms with Crippen molar-refractivity contribution in [3.8, 4) is 11.4 Å². The van der Waals surface area contributed by atoms with Gasteiger partial charge in [0.05, 0.1) is 22.8 Å². The van der Waals surface area contributed by atoms with Gasteiger partial charge >= 0.3 is 5.97 Å². The van der Waals surface area contributed by atoms with Crippen molar-refractivity contribution in [2.75, 3.05) is 17.7 Å². The van der Waals surface area contributed by atoms with Crippen LogP contribution in [0.15, 0.2) is 10.5 Å². The lowest BCUT2D eigenvalue weighted by Gasteiger charge is -2.07. The molecule has 3 heterocycles. The first-order chi connectivity index (χ1) is 15.1. The zero-order valence-electron chi connectivity index (χ0n) is 18.3. The molecule has 0 spiro atoms. The topological polar surface area (TPSA) is 129 Å². The standard InChI is InChI=1S/C20H23N5O4S3/c1-6-29-19(28)14-10(3)15(16(21)27)32-18(14)22-13(26)8-31-20-24-23-17(25(20)5)12-7-30-11(4)9(12)2/h7H,6,8H2,1-5H3,(H2,21,27)(H,22,26). The van der Waals surface area contributed by atoms with Gasteiger partial charge in [0.2, 0.25) is 5.91 Å². The molecular weight excluding hydrogens is 470 g/mol. The first kappa shape index (κ1) is 24.0. The van der Waals surface area contributed by atoms with Crippen LogP contribution in [0.1, 0.15) is 43.0 Å². The number of thiophene rings is 2. The Labute approximate surface area is 197 Å². The minimum Gasteiger partial charge on any atom is -0.462 e. The largest absolute Gasteiger partial charge is 0.462 e. The van der Waals surface area contributed by atoms with Crippen LogP contribution in [0.5, 0.6) is 0 Å². The average molecular weight is 494 g/mol. The molecule has 2 amide bonds. The number of primary amides is 1. The second-order valence-corrected chi connectivity index (χ2v) is 9.92. The zero-order chi connectivity index (χ0) is 23.6. The molecule has 0 aliphatic carbocycles. The summed E-state index contributed by atoms with van der Waals surface area (Å²) in [7, 11) is 1.85. The van der Waals surface area contributed by atoms with Crippen molar-refractivity contribution in [3.05, 3.63) is 31.8 Å². The van der Waals surface area contributed by atoms with Crippen LogP contribution in [0.3, 0.4) is 0 Å². The Kier molecular flexibility index (Phi) is 7.36. The van der Waals surface area contributed by atoms with Crippen LogP contribution in [-0.4, -0.2) is 44.9 Å². The fraction of sp³-hybridized carbons (Fsp3) is 0.350. The Morgan fingerprint density at radius 1 is 1.22 bits per heavy atom. The number of aromatic nitrogens is 3. The zero-order valence-corrected chi connectivity index (χ0v) is 20.7. The smallest absolute Gasteiger partial charge is 0.341 e. The summed E-state index contributed by atoms with van der Waals surface area (Å²) in [5, 5.41) is 14.0. The van der Waals surface area contributed by atoms with Crippen molar-refractivity contribution >= 4 is 57.2 Å². The molecular formula is C20H23N5O4S3. The van der Waals surface area contributed by atoms with E-state index in [1.165, 1.54) is 16.6 Å². The van der Waals surface area contributed by atoms with Crippen LogP contribution < -0.4 is 11.1 Å². The van der Waals surface area contributed by atoms with Crippen molar-refractivity contribution in [2.24, 2.45) is 12.8 Å². The van der Waals surface area contributed by atoms with Gasteiger partial charge in [-0.3, -0.25) is 9.59 Å². The molecule has 0 radical (unpaired) electrons. The highest BCUT2D eigenvalue weighted by atomic mass is 32.2. The Hall–Kier alpha value is -2.70. The maximum absolute atomic E-state index is 12.6.